The molecule has 0 saturated heterocycles. The quantitative estimate of drug-likeness (QED) is 0.542. The molecule has 0 aliphatic rings. The van der Waals surface area contributed by atoms with Crippen molar-refractivity contribution in [3.8, 4) is 0 Å². The lowest BCUT2D eigenvalue weighted by Gasteiger charge is -1.92. The molecular weight excluding hydrogens is 231 g/mol. The van der Waals surface area contributed by atoms with E-state index < -0.39 is 0 Å². The topological polar surface area (TPSA) is 13.1 Å². The van der Waals surface area contributed by atoms with Gasteiger partial charge in [-0.2, -0.15) is 0 Å². The first-order chi connectivity index (χ1) is 7.25. The van der Waals surface area contributed by atoms with E-state index in [1.165, 1.54) is 0 Å². The van der Waals surface area contributed by atoms with Crippen LogP contribution in [0.3, 0.4) is 0 Å². The van der Waals surface area contributed by atoms with Crippen LogP contribution in [0.4, 0.5) is 0 Å². The third-order valence-corrected chi connectivity index (χ3v) is 2.96. The molecule has 3 heteroatoms. The van der Waals surface area contributed by atoms with Gasteiger partial charge in [0.1, 0.15) is 11.2 Å². The smallest absolute Gasteiger partial charge is 0.136 e. The molecule has 0 unspecified atom stereocenters. The lowest BCUT2D eigenvalue weighted by Crippen LogP contribution is -1.68. The van der Waals surface area contributed by atoms with E-state index in [-0.39, 0.29) is 0 Å². The van der Waals surface area contributed by atoms with E-state index >= 15 is 0 Å². The predicted molar refractivity (Wildman–Crippen MR) is 63.7 cm³/mol. The molecule has 0 radical (unpaired) electrons. The molecule has 15 heavy (non-hydrogen) atoms. The van der Waals surface area contributed by atoms with Crippen molar-refractivity contribution in [3.05, 3.63) is 46.4 Å². The average molecular weight is 237 g/mol. The Hall–Kier alpha value is -1.18. The zero-order valence-corrected chi connectivity index (χ0v) is 9.14. The Morgan fingerprint density at radius 1 is 0.933 bits per heavy atom. The minimum atomic E-state index is 0.665. The third-order valence-electron chi connectivity index (χ3n) is 2.41. The van der Waals surface area contributed by atoms with Crippen LogP contribution < -0.4 is 0 Å². The fraction of sp³-hybridized carbons (Fsp3) is 0. The van der Waals surface area contributed by atoms with E-state index in [0.717, 1.165) is 21.9 Å². The van der Waals surface area contributed by atoms with Gasteiger partial charge in [0.15, 0.2) is 0 Å². The van der Waals surface area contributed by atoms with Crippen molar-refractivity contribution < 1.29 is 4.42 Å². The molecule has 2 aromatic carbocycles. The number of benzene rings is 2. The van der Waals surface area contributed by atoms with Crippen molar-refractivity contribution in [2.75, 3.05) is 0 Å². The fourth-order valence-corrected chi connectivity index (χ4v) is 2.19. The van der Waals surface area contributed by atoms with Gasteiger partial charge in [-0.25, -0.2) is 0 Å². The summed E-state index contributed by atoms with van der Waals surface area (Å²) in [6, 6.07) is 11.2. The maximum atomic E-state index is 6.12. The van der Waals surface area contributed by atoms with Gasteiger partial charge < -0.3 is 4.42 Å². The molecule has 0 bridgehead atoms. The van der Waals surface area contributed by atoms with Gasteiger partial charge in [0, 0.05) is 21.9 Å². The highest BCUT2D eigenvalue weighted by molar-refractivity contribution is 6.38. The van der Waals surface area contributed by atoms with Crippen LogP contribution in [0.25, 0.3) is 21.9 Å². The SMILES string of the molecule is Clc1ccc2c(c1)oc1cccc(Cl)c12. The molecule has 0 spiro atoms. The van der Waals surface area contributed by atoms with Crippen LogP contribution >= 0.6 is 23.2 Å². The monoisotopic (exact) mass is 236 g/mol. The van der Waals surface area contributed by atoms with Gasteiger partial charge >= 0.3 is 0 Å². The van der Waals surface area contributed by atoms with Crippen molar-refractivity contribution in [2.45, 2.75) is 0 Å². The van der Waals surface area contributed by atoms with Gasteiger partial charge in [-0.1, -0.05) is 29.3 Å². The van der Waals surface area contributed by atoms with Crippen LogP contribution in [-0.2, 0) is 0 Å². The van der Waals surface area contributed by atoms with Gasteiger partial charge in [0.2, 0.25) is 0 Å². The Bertz CT molecular complexity index is 655. The summed E-state index contributed by atoms with van der Waals surface area (Å²) in [6.45, 7) is 0. The fourth-order valence-electron chi connectivity index (χ4n) is 1.76. The normalized spacial score (nSPS) is 11.3. The number of rotatable bonds is 0. The molecule has 0 fully saturated rings. The number of hydrogen-bond acceptors (Lipinski definition) is 1. The van der Waals surface area contributed by atoms with Crippen LogP contribution in [0, 0.1) is 0 Å². The van der Waals surface area contributed by atoms with Crippen molar-refractivity contribution in [1.82, 2.24) is 0 Å². The second-order valence-corrected chi connectivity index (χ2v) is 4.20. The van der Waals surface area contributed by atoms with E-state index in [1.807, 2.05) is 30.3 Å². The molecule has 0 atom stereocenters. The third kappa shape index (κ3) is 1.31. The molecule has 1 aromatic heterocycles. The second-order valence-electron chi connectivity index (χ2n) is 3.36. The summed E-state index contributed by atoms with van der Waals surface area (Å²) >= 11 is 12.0. The summed E-state index contributed by atoms with van der Waals surface area (Å²) in [5.74, 6) is 0. The highest BCUT2D eigenvalue weighted by Crippen LogP contribution is 2.34. The van der Waals surface area contributed by atoms with Crippen molar-refractivity contribution in [2.24, 2.45) is 0 Å². The molecule has 1 heterocycles. The summed E-state index contributed by atoms with van der Waals surface area (Å²) in [6.07, 6.45) is 0. The molecule has 0 N–H and O–H groups in total. The molecule has 74 valence electrons. The number of halogens is 2. The van der Waals surface area contributed by atoms with Crippen LogP contribution in [0.1, 0.15) is 0 Å². The molecule has 0 amide bonds. The minimum Gasteiger partial charge on any atom is -0.456 e. The molecule has 1 nitrogen and oxygen atoms in total. The number of hydrogen-bond donors (Lipinski definition) is 0. The second kappa shape index (κ2) is 3.16. The van der Waals surface area contributed by atoms with Gasteiger partial charge in [0.05, 0.1) is 5.02 Å². The first-order valence-corrected chi connectivity index (χ1v) is 5.27. The minimum absolute atomic E-state index is 0.665. The zero-order chi connectivity index (χ0) is 10.4. The summed E-state index contributed by atoms with van der Waals surface area (Å²) in [4.78, 5) is 0. The summed E-state index contributed by atoms with van der Waals surface area (Å²) in [7, 11) is 0. The Kier molecular flexibility index (Phi) is 1.91. The van der Waals surface area contributed by atoms with Crippen LogP contribution in [-0.4, -0.2) is 0 Å². The molecule has 0 saturated carbocycles. The van der Waals surface area contributed by atoms with E-state index in [4.69, 9.17) is 27.6 Å². The molecule has 3 rings (SSSR count). The van der Waals surface area contributed by atoms with Crippen LogP contribution in [0.15, 0.2) is 40.8 Å². The number of fused-ring (bicyclic) bond motifs is 3. The largest absolute Gasteiger partial charge is 0.456 e. The predicted octanol–water partition coefficient (Wildman–Crippen LogP) is 4.89. The molecular formula is C12H6Cl2O. The Balaban J connectivity index is 2.59. The van der Waals surface area contributed by atoms with Gasteiger partial charge in [0.25, 0.3) is 0 Å². The molecule has 0 aliphatic carbocycles. The van der Waals surface area contributed by atoms with Crippen molar-refractivity contribution >= 4 is 45.1 Å². The summed E-state index contributed by atoms with van der Waals surface area (Å²) in [5, 5.41) is 3.32. The molecule has 3 aromatic rings. The Morgan fingerprint density at radius 3 is 2.67 bits per heavy atom. The lowest BCUT2D eigenvalue weighted by molar-refractivity contribution is 0.669. The van der Waals surface area contributed by atoms with Crippen LogP contribution in [0.5, 0.6) is 0 Å². The van der Waals surface area contributed by atoms with E-state index in [2.05, 4.69) is 0 Å². The zero-order valence-electron chi connectivity index (χ0n) is 7.63. The Morgan fingerprint density at radius 2 is 1.80 bits per heavy atom. The van der Waals surface area contributed by atoms with Gasteiger partial charge in [-0.15, -0.1) is 0 Å². The van der Waals surface area contributed by atoms with E-state index in [1.54, 1.807) is 6.07 Å². The van der Waals surface area contributed by atoms with Crippen LogP contribution in [0.2, 0.25) is 10.0 Å². The Labute approximate surface area is 96.2 Å². The first-order valence-electron chi connectivity index (χ1n) is 4.52. The van der Waals surface area contributed by atoms with Crippen molar-refractivity contribution in [1.29, 1.82) is 0 Å². The average Bonchev–Trinajstić information content (AvgIpc) is 2.56. The first kappa shape index (κ1) is 9.08. The van der Waals surface area contributed by atoms with Gasteiger partial charge in [-0.05, 0) is 24.3 Å². The maximum Gasteiger partial charge on any atom is 0.136 e. The van der Waals surface area contributed by atoms with Crippen molar-refractivity contribution in [3.63, 3.8) is 0 Å². The van der Waals surface area contributed by atoms with E-state index in [9.17, 15) is 0 Å². The molecule has 0 aliphatic heterocycles. The van der Waals surface area contributed by atoms with E-state index in [0.29, 0.717) is 10.0 Å². The summed E-state index contributed by atoms with van der Waals surface area (Å²) < 4.78 is 5.65. The number of furan rings is 1. The lowest BCUT2D eigenvalue weighted by atomic mass is 10.1. The summed E-state index contributed by atoms with van der Waals surface area (Å²) in [5.41, 5.74) is 1.56. The maximum absolute atomic E-state index is 6.12. The standard InChI is InChI=1S/C12H6Cl2O/c13-7-4-5-8-11(6-7)15-10-3-1-2-9(14)12(8)10/h1-6H. The van der Waals surface area contributed by atoms with Gasteiger partial charge in [-0.3, -0.25) is 0 Å². The highest BCUT2D eigenvalue weighted by Gasteiger charge is 2.09. The highest BCUT2D eigenvalue weighted by atomic mass is 35.5.